The highest BCUT2D eigenvalue weighted by molar-refractivity contribution is 9.10. The highest BCUT2D eigenvalue weighted by atomic mass is 79.9. The number of benzene rings is 2. The van der Waals surface area contributed by atoms with Crippen molar-refractivity contribution >= 4 is 105 Å². The number of thioether (sulfide) groups is 1. The van der Waals surface area contributed by atoms with E-state index in [0.717, 1.165) is 26.5 Å². The standard InChI is InChI=1S/C20H17BrN2S3Si/c1-24-15-8-11-17-18(22-13-6-5-10(21)7-14(13)23-17)12-9-16(27(2,3)4)26-20(12)19(11)25-15/h5-9H,1-4H3. The molecule has 5 rings (SSSR count). The van der Waals surface area contributed by atoms with Crippen LogP contribution in [0.3, 0.4) is 0 Å². The van der Waals surface area contributed by atoms with E-state index >= 15 is 0 Å². The van der Waals surface area contributed by atoms with Gasteiger partial charge in [-0.3, -0.25) is 0 Å². The van der Waals surface area contributed by atoms with Crippen LogP contribution in [-0.4, -0.2) is 24.3 Å². The maximum absolute atomic E-state index is 5.06. The van der Waals surface area contributed by atoms with E-state index in [0.29, 0.717) is 0 Å². The Morgan fingerprint density at radius 1 is 0.889 bits per heavy atom. The largest absolute Gasteiger partial charge is 0.244 e. The molecule has 0 saturated carbocycles. The minimum atomic E-state index is -1.39. The Balaban J connectivity index is 2.03. The maximum atomic E-state index is 5.06. The summed E-state index contributed by atoms with van der Waals surface area (Å²) in [5, 5.41) is 2.51. The van der Waals surface area contributed by atoms with E-state index in [-0.39, 0.29) is 0 Å². The first-order valence-electron chi connectivity index (χ1n) is 8.66. The van der Waals surface area contributed by atoms with Gasteiger partial charge in [0.1, 0.15) is 0 Å². The Morgan fingerprint density at radius 2 is 1.56 bits per heavy atom. The number of thiophene rings is 2. The van der Waals surface area contributed by atoms with E-state index in [1.807, 2.05) is 28.7 Å². The lowest BCUT2D eigenvalue weighted by molar-refractivity contribution is 1.41. The predicted molar refractivity (Wildman–Crippen MR) is 130 cm³/mol. The van der Waals surface area contributed by atoms with Crippen LogP contribution in [0.1, 0.15) is 0 Å². The van der Waals surface area contributed by atoms with Crippen LogP contribution in [-0.2, 0) is 0 Å². The molecule has 3 aromatic heterocycles. The van der Waals surface area contributed by atoms with Gasteiger partial charge in [0.15, 0.2) is 0 Å². The molecule has 0 spiro atoms. The molecule has 0 fully saturated rings. The molecule has 0 aliphatic rings. The van der Waals surface area contributed by atoms with Crippen LogP contribution in [0.5, 0.6) is 0 Å². The molecule has 0 unspecified atom stereocenters. The summed E-state index contributed by atoms with van der Waals surface area (Å²) in [4.78, 5) is 10.1. The number of fused-ring (bicyclic) bond motifs is 7. The molecular formula is C20H17BrN2S3Si. The summed E-state index contributed by atoms with van der Waals surface area (Å²) in [7, 11) is -1.39. The quantitative estimate of drug-likeness (QED) is 0.148. The van der Waals surface area contributed by atoms with Crippen LogP contribution in [0.25, 0.3) is 42.2 Å². The summed E-state index contributed by atoms with van der Waals surface area (Å²) in [6.07, 6.45) is 2.14. The minimum Gasteiger partial charge on any atom is -0.244 e. The minimum absolute atomic E-state index is 0.940. The number of halogens is 1. The molecule has 0 radical (unpaired) electrons. The number of hydrogen-bond donors (Lipinski definition) is 0. The van der Waals surface area contributed by atoms with Gasteiger partial charge in [0.25, 0.3) is 0 Å². The third-order valence-electron chi connectivity index (χ3n) is 4.72. The number of nitrogens with zero attached hydrogens (tertiary/aromatic N) is 2. The molecule has 5 aromatic rings. The lowest BCUT2D eigenvalue weighted by Gasteiger charge is -2.11. The van der Waals surface area contributed by atoms with Crippen molar-refractivity contribution in [2.75, 3.05) is 6.26 Å². The predicted octanol–water partition coefficient (Wildman–Crippen LogP) is 7.24. The summed E-state index contributed by atoms with van der Waals surface area (Å²) in [6.45, 7) is 7.24. The SMILES string of the molecule is CSc1cc2c3nc4cc(Br)ccc4nc3c3cc([Si](C)(C)C)sc3c2s1. The lowest BCUT2D eigenvalue weighted by Crippen LogP contribution is -2.34. The van der Waals surface area contributed by atoms with Gasteiger partial charge in [-0.2, -0.15) is 0 Å². The molecule has 0 amide bonds. The Bertz CT molecular complexity index is 1360. The molecule has 0 N–H and O–H groups in total. The van der Waals surface area contributed by atoms with Crippen LogP contribution in [0.15, 0.2) is 39.0 Å². The Labute approximate surface area is 179 Å². The average Bonchev–Trinajstić information content (AvgIpc) is 3.24. The second-order valence-corrected chi connectivity index (χ2v) is 17.2. The molecule has 2 aromatic carbocycles. The zero-order valence-electron chi connectivity index (χ0n) is 15.4. The van der Waals surface area contributed by atoms with E-state index in [2.05, 4.69) is 66.1 Å². The third-order valence-corrected chi connectivity index (χ3v) is 12.3. The second-order valence-electron chi connectivity index (χ2n) is 7.67. The Kier molecular flexibility index (Phi) is 4.18. The summed E-state index contributed by atoms with van der Waals surface area (Å²) in [5.41, 5.74) is 3.96. The van der Waals surface area contributed by atoms with Gasteiger partial charge >= 0.3 is 0 Å². The Hall–Kier alpha value is -0.993. The van der Waals surface area contributed by atoms with Crippen LogP contribution in [0, 0.1) is 0 Å². The van der Waals surface area contributed by atoms with Crippen molar-refractivity contribution in [2.45, 2.75) is 23.9 Å². The van der Waals surface area contributed by atoms with Gasteiger partial charge in [-0.15, -0.1) is 34.4 Å². The first kappa shape index (κ1) is 18.1. The van der Waals surface area contributed by atoms with E-state index in [1.54, 1.807) is 11.8 Å². The van der Waals surface area contributed by atoms with Crippen LogP contribution >= 0.6 is 50.4 Å². The molecule has 0 atom stereocenters. The van der Waals surface area contributed by atoms with E-state index in [1.165, 1.54) is 28.9 Å². The molecule has 7 heteroatoms. The van der Waals surface area contributed by atoms with Crippen molar-refractivity contribution in [3.05, 3.63) is 34.8 Å². The normalized spacial score (nSPS) is 12.8. The van der Waals surface area contributed by atoms with Crippen LogP contribution in [0.4, 0.5) is 0 Å². The molecule has 3 heterocycles. The Morgan fingerprint density at radius 3 is 2.26 bits per heavy atom. The molecule has 0 aliphatic carbocycles. The first-order valence-corrected chi connectivity index (χ1v) is 15.8. The maximum Gasteiger partial charge on any atom is 0.0989 e. The summed E-state index contributed by atoms with van der Waals surface area (Å²) in [5.74, 6) is 0. The molecular weight excluding hydrogens is 472 g/mol. The second kappa shape index (κ2) is 6.25. The molecule has 0 bridgehead atoms. The van der Waals surface area contributed by atoms with Gasteiger partial charge in [-0.1, -0.05) is 35.6 Å². The highest BCUT2D eigenvalue weighted by Gasteiger charge is 2.23. The van der Waals surface area contributed by atoms with E-state index in [4.69, 9.17) is 9.97 Å². The summed E-state index contributed by atoms with van der Waals surface area (Å²) in [6, 6.07) is 10.8. The molecule has 0 aliphatic heterocycles. The van der Waals surface area contributed by atoms with Gasteiger partial charge in [-0.05, 0) is 41.1 Å². The van der Waals surface area contributed by atoms with Crippen molar-refractivity contribution in [3.8, 4) is 0 Å². The third kappa shape index (κ3) is 2.86. The molecule has 27 heavy (non-hydrogen) atoms. The molecule has 0 saturated heterocycles. The fourth-order valence-electron chi connectivity index (χ4n) is 3.32. The van der Waals surface area contributed by atoms with Crippen molar-refractivity contribution in [3.63, 3.8) is 0 Å². The highest BCUT2D eigenvalue weighted by Crippen LogP contribution is 2.43. The number of rotatable bonds is 2. The molecule has 136 valence electrons. The number of hydrogen-bond acceptors (Lipinski definition) is 5. The van der Waals surface area contributed by atoms with Gasteiger partial charge in [0.2, 0.25) is 0 Å². The summed E-state index contributed by atoms with van der Waals surface area (Å²) >= 11 is 9.22. The smallest absolute Gasteiger partial charge is 0.0989 e. The summed E-state index contributed by atoms with van der Waals surface area (Å²) < 4.78 is 6.64. The van der Waals surface area contributed by atoms with Crippen molar-refractivity contribution in [1.29, 1.82) is 0 Å². The zero-order chi connectivity index (χ0) is 18.9. The average molecular weight is 490 g/mol. The lowest BCUT2D eigenvalue weighted by atomic mass is 10.1. The number of aromatic nitrogens is 2. The van der Waals surface area contributed by atoms with Gasteiger partial charge < -0.3 is 0 Å². The zero-order valence-corrected chi connectivity index (χ0v) is 20.4. The molecule has 2 nitrogen and oxygen atoms in total. The van der Waals surface area contributed by atoms with Crippen LogP contribution < -0.4 is 4.50 Å². The van der Waals surface area contributed by atoms with Gasteiger partial charge in [-0.25, -0.2) is 9.97 Å². The van der Waals surface area contributed by atoms with Crippen LogP contribution in [0.2, 0.25) is 19.6 Å². The van der Waals surface area contributed by atoms with Gasteiger partial charge in [0.05, 0.1) is 43.7 Å². The van der Waals surface area contributed by atoms with Crippen molar-refractivity contribution in [2.24, 2.45) is 0 Å². The monoisotopic (exact) mass is 488 g/mol. The fraction of sp³-hybridized carbons (Fsp3) is 0.200. The fourth-order valence-corrected chi connectivity index (χ4v) is 8.56. The topological polar surface area (TPSA) is 25.8 Å². The van der Waals surface area contributed by atoms with Gasteiger partial charge in [0, 0.05) is 15.2 Å². The van der Waals surface area contributed by atoms with Crippen molar-refractivity contribution in [1.82, 2.24) is 9.97 Å². The van der Waals surface area contributed by atoms with E-state index in [9.17, 15) is 0 Å². The van der Waals surface area contributed by atoms with Crippen molar-refractivity contribution < 1.29 is 0 Å². The first-order chi connectivity index (χ1) is 12.8. The van der Waals surface area contributed by atoms with E-state index < -0.39 is 8.07 Å².